The SMILES string of the molecule is Cc1cccc(CCC(C)(N)CNC(=O)OC(C)(C)C)c1. The van der Waals surface area contributed by atoms with Crippen LogP contribution in [0.15, 0.2) is 24.3 Å². The summed E-state index contributed by atoms with van der Waals surface area (Å²) in [6, 6.07) is 8.40. The second-order valence-electron chi connectivity index (χ2n) is 7.00. The Bertz CT molecular complexity index is 476. The van der Waals surface area contributed by atoms with Crippen LogP contribution in [-0.2, 0) is 11.2 Å². The molecule has 0 aliphatic heterocycles. The topological polar surface area (TPSA) is 64.3 Å². The number of nitrogens with two attached hydrogens (primary N) is 1. The summed E-state index contributed by atoms with van der Waals surface area (Å²) < 4.78 is 5.21. The lowest BCUT2D eigenvalue weighted by molar-refractivity contribution is 0.0515. The van der Waals surface area contributed by atoms with Gasteiger partial charge < -0.3 is 15.8 Å². The summed E-state index contributed by atoms with van der Waals surface area (Å²) in [6.45, 7) is 9.94. The number of alkyl carbamates (subject to hydrolysis) is 1. The monoisotopic (exact) mass is 292 g/mol. The molecule has 3 N–H and O–H groups in total. The van der Waals surface area contributed by atoms with Gasteiger partial charge in [0.05, 0.1) is 0 Å². The zero-order valence-electron chi connectivity index (χ0n) is 13.8. The first-order chi connectivity index (χ1) is 9.57. The van der Waals surface area contributed by atoms with E-state index in [-0.39, 0.29) is 0 Å². The van der Waals surface area contributed by atoms with Crippen molar-refractivity contribution in [3.63, 3.8) is 0 Å². The van der Waals surface area contributed by atoms with Crippen molar-refractivity contribution in [3.8, 4) is 0 Å². The number of ether oxygens (including phenoxy) is 1. The average molecular weight is 292 g/mol. The molecular formula is C17H28N2O2. The van der Waals surface area contributed by atoms with Crippen LogP contribution in [0.5, 0.6) is 0 Å². The molecule has 1 amide bonds. The van der Waals surface area contributed by atoms with Crippen molar-refractivity contribution in [3.05, 3.63) is 35.4 Å². The third-order valence-corrected chi connectivity index (χ3v) is 3.10. The summed E-state index contributed by atoms with van der Waals surface area (Å²) in [5, 5.41) is 2.74. The molecule has 4 nitrogen and oxygen atoms in total. The van der Waals surface area contributed by atoms with Gasteiger partial charge >= 0.3 is 6.09 Å². The van der Waals surface area contributed by atoms with E-state index in [1.54, 1.807) is 0 Å². The fourth-order valence-electron chi connectivity index (χ4n) is 1.97. The first-order valence-electron chi connectivity index (χ1n) is 7.39. The molecule has 1 aromatic carbocycles. The number of carbonyl (C=O) groups excluding carboxylic acids is 1. The van der Waals surface area contributed by atoms with Crippen molar-refractivity contribution in [2.75, 3.05) is 6.54 Å². The number of amides is 1. The summed E-state index contributed by atoms with van der Waals surface area (Å²) in [4.78, 5) is 11.6. The normalized spacial score (nSPS) is 14.4. The van der Waals surface area contributed by atoms with Crippen molar-refractivity contribution in [2.24, 2.45) is 5.73 Å². The number of benzene rings is 1. The molecular weight excluding hydrogens is 264 g/mol. The maximum absolute atomic E-state index is 11.6. The smallest absolute Gasteiger partial charge is 0.407 e. The van der Waals surface area contributed by atoms with Gasteiger partial charge in [0, 0.05) is 12.1 Å². The van der Waals surface area contributed by atoms with Crippen LogP contribution in [0.1, 0.15) is 45.2 Å². The van der Waals surface area contributed by atoms with Crippen LogP contribution < -0.4 is 11.1 Å². The molecule has 0 bridgehead atoms. The Morgan fingerprint density at radius 2 is 1.95 bits per heavy atom. The first-order valence-corrected chi connectivity index (χ1v) is 7.39. The molecule has 1 atom stereocenters. The number of aryl methyl sites for hydroxylation is 2. The van der Waals surface area contributed by atoms with Gasteiger partial charge in [0.1, 0.15) is 5.60 Å². The quantitative estimate of drug-likeness (QED) is 0.876. The molecule has 1 rings (SSSR count). The molecule has 118 valence electrons. The Kier molecular flexibility index (Phi) is 5.78. The number of carbonyl (C=O) groups is 1. The molecule has 0 heterocycles. The van der Waals surface area contributed by atoms with Gasteiger partial charge in [0.25, 0.3) is 0 Å². The molecule has 4 heteroatoms. The number of rotatable bonds is 5. The van der Waals surface area contributed by atoms with Crippen LogP contribution >= 0.6 is 0 Å². The molecule has 1 aromatic rings. The highest BCUT2D eigenvalue weighted by molar-refractivity contribution is 5.67. The minimum atomic E-state index is -0.489. The highest BCUT2D eigenvalue weighted by Gasteiger charge is 2.22. The highest BCUT2D eigenvalue weighted by Crippen LogP contribution is 2.13. The van der Waals surface area contributed by atoms with Crippen LogP contribution in [0, 0.1) is 6.92 Å². The Morgan fingerprint density at radius 3 is 2.52 bits per heavy atom. The molecule has 0 saturated heterocycles. The van der Waals surface area contributed by atoms with E-state index in [4.69, 9.17) is 10.5 Å². The predicted molar refractivity (Wildman–Crippen MR) is 86.3 cm³/mol. The zero-order chi connectivity index (χ0) is 16.1. The minimum absolute atomic E-state index is 0.397. The van der Waals surface area contributed by atoms with Crippen LogP contribution in [0.25, 0.3) is 0 Å². The van der Waals surface area contributed by atoms with E-state index in [2.05, 4.69) is 36.5 Å². The molecule has 0 radical (unpaired) electrons. The van der Waals surface area contributed by atoms with Crippen LogP contribution in [0.3, 0.4) is 0 Å². The molecule has 1 unspecified atom stereocenters. The summed E-state index contributed by atoms with van der Waals surface area (Å²) in [5.74, 6) is 0. The summed E-state index contributed by atoms with van der Waals surface area (Å²) >= 11 is 0. The minimum Gasteiger partial charge on any atom is -0.444 e. The third-order valence-electron chi connectivity index (χ3n) is 3.10. The Balaban J connectivity index is 2.41. The molecule has 0 aliphatic carbocycles. The van der Waals surface area contributed by atoms with Gasteiger partial charge in [-0.1, -0.05) is 29.8 Å². The lowest BCUT2D eigenvalue weighted by Gasteiger charge is -2.26. The maximum Gasteiger partial charge on any atom is 0.407 e. The predicted octanol–water partition coefficient (Wildman–Crippen LogP) is 3.17. The van der Waals surface area contributed by atoms with E-state index in [0.717, 1.165) is 12.8 Å². The van der Waals surface area contributed by atoms with Gasteiger partial charge in [-0.3, -0.25) is 0 Å². The van der Waals surface area contributed by atoms with E-state index >= 15 is 0 Å². The second-order valence-corrected chi connectivity index (χ2v) is 7.00. The van der Waals surface area contributed by atoms with Crippen LogP contribution in [0.4, 0.5) is 4.79 Å². The summed E-state index contributed by atoms with van der Waals surface area (Å²) in [5.41, 5.74) is 7.81. The van der Waals surface area contributed by atoms with E-state index in [0.29, 0.717) is 6.54 Å². The van der Waals surface area contributed by atoms with Crippen molar-refractivity contribution in [1.82, 2.24) is 5.32 Å². The van der Waals surface area contributed by atoms with E-state index < -0.39 is 17.2 Å². The van der Waals surface area contributed by atoms with Gasteiger partial charge in [-0.15, -0.1) is 0 Å². The summed E-state index contributed by atoms with van der Waals surface area (Å²) in [6.07, 6.45) is 1.27. The van der Waals surface area contributed by atoms with Gasteiger partial charge in [-0.2, -0.15) is 0 Å². The van der Waals surface area contributed by atoms with Gasteiger partial charge in [-0.05, 0) is 53.0 Å². The number of hydrogen-bond acceptors (Lipinski definition) is 3. The van der Waals surface area contributed by atoms with Crippen molar-refractivity contribution in [2.45, 2.75) is 58.6 Å². The lowest BCUT2D eigenvalue weighted by Crippen LogP contribution is -2.49. The van der Waals surface area contributed by atoms with Crippen LogP contribution in [-0.4, -0.2) is 23.8 Å². The van der Waals surface area contributed by atoms with E-state index in [1.807, 2.05) is 27.7 Å². The van der Waals surface area contributed by atoms with Crippen molar-refractivity contribution in [1.29, 1.82) is 0 Å². The molecule has 21 heavy (non-hydrogen) atoms. The Morgan fingerprint density at radius 1 is 1.29 bits per heavy atom. The first kappa shape index (κ1) is 17.5. The van der Waals surface area contributed by atoms with Gasteiger partial charge in [0.15, 0.2) is 0 Å². The Hall–Kier alpha value is -1.55. The molecule has 0 fully saturated rings. The van der Waals surface area contributed by atoms with Crippen molar-refractivity contribution >= 4 is 6.09 Å². The Labute approximate surface area is 128 Å². The van der Waals surface area contributed by atoms with E-state index in [9.17, 15) is 4.79 Å². The fourth-order valence-corrected chi connectivity index (χ4v) is 1.97. The molecule has 0 aromatic heterocycles. The molecule has 0 aliphatic rings. The van der Waals surface area contributed by atoms with Gasteiger partial charge in [0.2, 0.25) is 0 Å². The second kappa shape index (κ2) is 6.94. The van der Waals surface area contributed by atoms with E-state index in [1.165, 1.54) is 11.1 Å². The van der Waals surface area contributed by atoms with Crippen LogP contribution in [0.2, 0.25) is 0 Å². The highest BCUT2D eigenvalue weighted by atomic mass is 16.6. The molecule has 0 spiro atoms. The fraction of sp³-hybridized carbons (Fsp3) is 0.588. The average Bonchev–Trinajstić information content (AvgIpc) is 2.33. The number of hydrogen-bond donors (Lipinski definition) is 2. The third kappa shape index (κ3) is 7.71. The molecule has 0 saturated carbocycles. The van der Waals surface area contributed by atoms with Crippen molar-refractivity contribution < 1.29 is 9.53 Å². The van der Waals surface area contributed by atoms with Gasteiger partial charge in [-0.25, -0.2) is 4.79 Å². The largest absolute Gasteiger partial charge is 0.444 e. The zero-order valence-corrected chi connectivity index (χ0v) is 13.8. The maximum atomic E-state index is 11.6. The lowest BCUT2D eigenvalue weighted by atomic mass is 9.94. The number of nitrogens with one attached hydrogen (secondary N) is 1. The standard InChI is InChI=1S/C17H28N2O2/c1-13-7-6-8-14(11-13)9-10-17(5,18)12-19-15(20)21-16(2,3)4/h6-8,11H,9-10,12,18H2,1-5H3,(H,19,20). The summed E-state index contributed by atoms with van der Waals surface area (Å²) in [7, 11) is 0.